The molecule has 11 heteroatoms. The number of nitrogens with one attached hydrogen (secondary N) is 1. The van der Waals surface area contributed by atoms with E-state index >= 15 is 0 Å². The second-order valence-electron chi connectivity index (χ2n) is 21.4. The van der Waals surface area contributed by atoms with E-state index in [0.717, 1.165) is 44.9 Å². The van der Waals surface area contributed by atoms with Crippen LogP contribution in [0.4, 0.5) is 0 Å². The molecule has 0 aromatic heterocycles. The van der Waals surface area contributed by atoms with Crippen LogP contribution in [0.1, 0.15) is 284 Å². The minimum atomic E-state index is -1.66. The smallest absolute Gasteiger partial charge is 0.249 e. The van der Waals surface area contributed by atoms with Crippen molar-refractivity contribution in [1.82, 2.24) is 5.32 Å². The van der Waals surface area contributed by atoms with Crippen LogP contribution in [0.25, 0.3) is 0 Å². The molecule has 0 spiro atoms. The molecule has 1 aliphatic rings. The molecule has 1 amide bonds. The minimum absolute atomic E-state index is 0.262. The third-order valence-corrected chi connectivity index (χ3v) is 14.8. The summed E-state index contributed by atoms with van der Waals surface area (Å²) in [5, 5.41) is 75.7. The van der Waals surface area contributed by atoms with Gasteiger partial charge in [-0.3, -0.25) is 4.79 Å². The van der Waals surface area contributed by atoms with Crippen molar-refractivity contribution in [2.75, 3.05) is 13.2 Å². The molecule has 9 unspecified atom stereocenters. The summed E-state index contributed by atoms with van der Waals surface area (Å²) in [6.45, 7) is 3.42. The monoisotopic (exact) mass is 1010 g/mol. The van der Waals surface area contributed by atoms with Crippen LogP contribution in [-0.2, 0) is 14.3 Å². The summed E-state index contributed by atoms with van der Waals surface area (Å²) in [4.78, 5) is 13.1. The standard InChI is InChI=1S/C60H115NO10/c1-3-5-7-9-11-13-14-15-16-17-18-19-20-21-22-23-24-25-26-27-28-29-30-31-32-33-34-35-36-37-38-39-40-42-44-46-48-53(64)59(69)61-51(50-70-60-58(68)57(67)56(66)54(49-62)71-60)55(65)52(63)47-45-43-41-12-10-8-6-4-2/h22-23,25-26,51-58,60,62-68H,3-21,24,27-50H2,1-2H3,(H,61,69)/b23-22-,26-25-. The minimum Gasteiger partial charge on any atom is -0.394 e. The first-order chi connectivity index (χ1) is 34.7. The Morgan fingerprint density at radius 1 is 0.493 bits per heavy atom. The van der Waals surface area contributed by atoms with Gasteiger partial charge in [-0.25, -0.2) is 0 Å². The molecule has 0 aliphatic carbocycles. The van der Waals surface area contributed by atoms with Gasteiger partial charge in [0, 0.05) is 0 Å². The average molecular weight is 1010 g/mol. The zero-order chi connectivity index (χ0) is 51.8. The van der Waals surface area contributed by atoms with Crippen molar-refractivity contribution in [2.45, 2.75) is 339 Å². The number of allylic oxidation sites excluding steroid dienone is 4. The molecule has 1 aliphatic heterocycles. The lowest BCUT2D eigenvalue weighted by Crippen LogP contribution is -2.60. The number of unbranched alkanes of at least 4 members (excludes halogenated alkanes) is 36. The van der Waals surface area contributed by atoms with Gasteiger partial charge in [0.1, 0.15) is 36.6 Å². The molecule has 11 nitrogen and oxygen atoms in total. The van der Waals surface area contributed by atoms with Gasteiger partial charge in [0.05, 0.1) is 25.4 Å². The Hall–Kier alpha value is -1.41. The van der Waals surface area contributed by atoms with Crippen LogP contribution in [0, 0.1) is 0 Å². The van der Waals surface area contributed by atoms with Gasteiger partial charge in [0.15, 0.2) is 6.29 Å². The quantitative estimate of drug-likeness (QED) is 0.0215. The highest BCUT2D eigenvalue weighted by Crippen LogP contribution is 2.23. The third-order valence-electron chi connectivity index (χ3n) is 14.8. The van der Waals surface area contributed by atoms with E-state index < -0.39 is 74.2 Å². The van der Waals surface area contributed by atoms with Crippen LogP contribution in [0.2, 0.25) is 0 Å². The Labute approximate surface area is 435 Å². The van der Waals surface area contributed by atoms with E-state index in [2.05, 4.69) is 43.5 Å². The van der Waals surface area contributed by atoms with Crippen molar-refractivity contribution in [2.24, 2.45) is 0 Å². The summed E-state index contributed by atoms with van der Waals surface area (Å²) in [5.74, 6) is -0.696. The van der Waals surface area contributed by atoms with Gasteiger partial charge >= 0.3 is 0 Å². The van der Waals surface area contributed by atoms with Crippen LogP contribution in [-0.4, -0.2) is 110 Å². The zero-order valence-corrected chi connectivity index (χ0v) is 46.0. The highest BCUT2D eigenvalue weighted by molar-refractivity contribution is 5.80. The number of aliphatic hydroxyl groups is 7. The molecule has 1 heterocycles. The van der Waals surface area contributed by atoms with Crippen molar-refractivity contribution in [1.29, 1.82) is 0 Å². The maximum atomic E-state index is 13.1. The van der Waals surface area contributed by atoms with Crippen molar-refractivity contribution < 1.29 is 50.0 Å². The molecule has 0 radical (unpaired) electrons. The van der Waals surface area contributed by atoms with Gasteiger partial charge in [-0.1, -0.05) is 263 Å². The molecule has 1 saturated heterocycles. The Bertz CT molecular complexity index is 1200. The number of amides is 1. The molecule has 0 aromatic carbocycles. The molecular weight excluding hydrogens is 895 g/mol. The number of ether oxygens (including phenoxy) is 2. The number of aliphatic hydroxyl groups excluding tert-OH is 7. The highest BCUT2D eigenvalue weighted by atomic mass is 16.7. The first-order valence-electron chi connectivity index (χ1n) is 30.2. The van der Waals surface area contributed by atoms with Gasteiger partial charge in [0.25, 0.3) is 0 Å². The maximum Gasteiger partial charge on any atom is 0.249 e. The van der Waals surface area contributed by atoms with Crippen LogP contribution in [0.5, 0.6) is 0 Å². The van der Waals surface area contributed by atoms with E-state index in [-0.39, 0.29) is 6.42 Å². The third kappa shape index (κ3) is 37.9. The van der Waals surface area contributed by atoms with Gasteiger partial charge in [0.2, 0.25) is 5.91 Å². The average Bonchev–Trinajstić information content (AvgIpc) is 3.37. The molecule has 71 heavy (non-hydrogen) atoms. The summed E-state index contributed by atoms with van der Waals surface area (Å²) in [6.07, 6.45) is 48.7. The summed E-state index contributed by atoms with van der Waals surface area (Å²) in [6, 6.07) is -1.16. The number of hydrogen-bond donors (Lipinski definition) is 8. The maximum absolute atomic E-state index is 13.1. The van der Waals surface area contributed by atoms with Crippen LogP contribution < -0.4 is 5.32 Å². The Balaban J connectivity index is 2.09. The summed E-state index contributed by atoms with van der Waals surface area (Å²) in [5.41, 5.74) is 0. The van der Waals surface area contributed by atoms with Crippen molar-refractivity contribution in [3.05, 3.63) is 24.3 Å². The predicted molar refractivity (Wildman–Crippen MR) is 293 cm³/mol. The number of rotatable bonds is 52. The van der Waals surface area contributed by atoms with E-state index in [1.165, 1.54) is 199 Å². The first kappa shape index (κ1) is 67.6. The van der Waals surface area contributed by atoms with Crippen molar-refractivity contribution in [3.63, 3.8) is 0 Å². The zero-order valence-electron chi connectivity index (χ0n) is 46.0. The topological polar surface area (TPSA) is 189 Å². The molecule has 1 rings (SSSR count). The largest absolute Gasteiger partial charge is 0.394 e. The van der Waals surface area contributed by atoms with E-state index in [1.54, 1.807) is 0 Å². The van der Waals surface area contributed by atoms with Gasteiger partial charge in [-0.2, -0.15) is 0 Å². The molecule has 0 aromatic rings. The molecular formula is C60H115NO10. The van der Waals surface area contributed by atoms with E-state index in [1.807, 2.05) is 0 Å². The van der Waals surface area contributed by atoms with Crippen LogP contribution in [0.3, 0.4) is 0 Å². The van der Waals surface area contributed by atoms with Crippen LogP contribution >= 0.6 is 0 Å². The first-order valence-corrected chi connectivity index (χ1v) is 30.2. The highest BCUT2D eigenvalue weighted by Gasteiger charge is 2.44. The predicted octanol–water partition coefficient (Wildman–Crippen LogP) is 12.9. The lowest BCUT2D eigenvalue weighted by Gasteiger charge is -2.40. The fourth-order valence-corrected chi connectivity index (χ4v) is 9.83. The number of hydrogen-bond acceptors (Lipinski definition) is 10. The van der Waals surface area contributed by atoms with Crippen molar-refractivity contribution in [3.8, 4) is 0 Å². The summed E-state index contributed by atoms with van der Waals surface area (Å²) >= 11 is 0. The lowest BCUT2D eigenvalue weighted by atomic mass is 9.98. The number of carbonyl (C=O) groups is 1. The number of carbonyl (C=O) groups excluding carboxylic acids is 1. The van der Waals surface area contributed by atoms with Gasteiger partial charge < -0.3 is 50.5 Å². The van der Waals surface area contributed by atoms with E-state index in [9.17, 15) is 40.5 Å². The summed E-state index contributed by atoms with van der Waals surface area (Å²) in [7, 11) is 0. The Kier molecular flexibility index (Phi) is 47.1. The molecule has 1 fully saturated rings. The second-order valence-corrected chi connectivity index (χ2v) is 21.4. The molecule has 420 valence electrons. The SMILES string of the molecule is CCCCCCCCCCCCCCC/C=C\C/C=C\CCCCCCCCCCCCCCCCCCC(O)C(=O)NC(COC1OC(CO)C(O)C(O)C1O)C(O)C(O)CCCCCCCCCC. The van der Waals surface area contributed by atoms with Crippen LogP contribution in [0.15, 0.2) is 24.3 Å². The Morgan fingerprint density at radius 3 is 1.25 bits per heavy atom. The van der Waals surface area contributed by atoms with E-state index in [4.69, 9.17) is 9.47 Å². The van der Waals surface area contributed by atoms with Gasteiger partial charge in [-0.15, -0.1) is 0 Å². The van der Waals surface area contributed by atoms with Crippen molar-refractivity contribution >= 4 is 5.91 Å². The van der Waals surface area contributed by atoms with E-state index in [0.29, 0.717) is 19.3 Å². The fraction of sp³-hybridized carbons (Fsp3) is 0.917. The summed E-state index contributed by atoms with van der Waals surface area (Å²) < 4.78 is 11.1. The Morgan fingerprint density at radius 2 is 0.859 bits per heavy atom. The normalized spacial score (nSPS) is 20.3. The molecule has 0 bridgehead atoms. The molecule has 8 N–H and O–H groups in total. The lowest BCUT2D eigenvalue weighted by molar-refractivity contribution is -0.303. The molecule has 9 atom stereocenters. The second kappa shape index (κ2) is 49.5. The fourth-order valence-electron chi connectivity index (χ4n) is 9.83. The van der Waals surface area contributed by atoms with Gasteiger partial charge in [-0.05, 0) is 44.9 Å². The molecule has 0 saturated carbocycles.